The minimum Gasteiger partial charge on any atom is -0.376 e. The van der Waals surface area contributed by atoms with Gasteiger partial charge < -0.3 is 20.3 Å². The van der Waals surface area contributed by atoms with Crippen LogP contribution in [-0.4, -0.2) is 56.7 Å². The molecule has 2 N–H and O–H groups in total. The van der Waals surface area contributed by atoms with Crippen LogP contribution in [0.25, 0.3) is 0 Å². The predicted molar refractivity (Wildman–Crippen MR) is 96.0 cm³/mol. The van der Waals surface area contributed by atoms with E-state index in [1.54, 1.807) is 19.0 Å². The van der Waals surface area contributed by atoms with Crippen molar-refractivity contribution in [3.63, 3.8) is 0 Å². The van der Waals surface area contributed by atoms with Crippen molar-refractivity contribution in [2.75, 3.05) is 33.8 Å². The van der Waals surface area contributed by atoms with Crippen molar-refractivity contribution in [3.05, 3.63) is 35.4 Å². The first-order chi connectivity index (χ1) is 11.6. The van der Waals surface area contributed by atoms with E-state index >= 15 is 0 Å². The zero-order chi connectivity index (χ0) is 17.4. The number of hydrogen-bond acceptors (Lipinski definition) is 3. The molecule has 1 atom stereocenters. The van der Waals surface area contributed by atoms with E-state index in [0.717, 1.165) is 19.4 Å². The zero-order valence-corrected chi connectivity index (χ0v) is 14.8. The fraction of sp³-hybridized carbons (Fsp3) is 0.556. The van der Waals surface area contributed by atoms with Gasteiger partial charge in [-0.3, -0.25) is 4.79 Å². The average molecular weight is 332 g/mol. The predicted octanol–water partition coefficient (Wildman–Crippen LogP) is 1.30. The second kappa shape index (κ2) is 9.27. The van der Waals surface area contributed by atoms with Crippen molar-refractivity contribution >= 4 is 11.9 Å². The van der Waals surface area contributed by atoms with Crippen LogP contribution >= 0.6 is 0 Å². The Labute approximate surface area is 144 Å². The molecule has 132 valence electrons. The number of guanidine groups is 1. The van der Waals surface area contributed by atoms with E-state index in [4.69, 9.17) is 4.74 Å². The van der Waals surface area contributed by atoms with Crippen LogP contribution in [0, 0.1) is 6.92 Å². The van der Waals surface area contributed by atoms with Gasteiger partial charge in [-0.15, -0.1) is 0 Å². The molecule has 0 saturated carbocycles. The molecule has 2 rings (SSSR count). The Balaban J connectivity index is 1.95. The number of likely N-dealkylation sites (N-methyl/N-ethyl adjacent to an activating group) is 1. The van der Waals surface area contributed by atoms with Gasteiger partial charge in [0.25, 0.3) is 0 Å². The number of ether oxygens (including phenoxy) is 1. The van der Waals surface area contributed by atoms with Gasteiger partial charge in [-0.05, 0) is 30.9 Å². The molecule has 1 fully saturated rings. The normalized spacial score (nSPS) is 17.6. The number of benzene rings is 1. The summed E-state index contributed by atoms with van der Waals surface area (Å²) in [6.45, 7) is 4.40. The van der Waals surface area contributed by atoms with E-state index in [2.05, 4.69) is 34.7 Å². The van der Waals surface area contributed by atoms with Crippen LogP contribution in [-0.2, 0) is 16.1 Å². The molecule has 1 heterocycles. The molecule has 0 bridgehead atoms. The smallest absolute Gasteiger partial charge is 0.241 e. The summed E-state index contributed by atoms with van der Waals surface area (Å²) in [6, 6.07) is 8.18. The van der Waals surface area contributed by atoms with Gasteiger partial charge in [0.15, 0.2) is 5.96 Å². The minimum atomic E-state index is 0.0116. The molecule has 0 spiro atoms. The van der Waals surface area contributed by atoms with E-state index in [9.17, 15) is 4.79 Å². The summed E-state index contributed by atoms with van der Waals surface area (Å²) >= 11 is 0. The SMILES string of the molecule is Cc1ccccc1CN=C(NCC(=O)N(C)C)NCC1CCCO1. The monoisotopic (exact) mass is 332 g/mol. The lowest BCUT2D eigenvalue weighted by molar-refractivity contribution is -0.127. The molecule has 1 aromatic carbocycles. The standard InChI is InChI=1S/C18H28N4O2/c1-14-7-4-5-8-15(14)11-19-18(21-13-17(23)22(2)3)20-12-16-9-6-10-24-16/h4-5,7-8,16H,6,9-13H2,1-3H3,(H2,19,20,21). The molecule has 6 nitrogen and oxygen atoms in total. The number of aliphatic imine (C=N–C) groups is 1. The summed E-state index contributed by atoms with van der Waals surface area (Å²) in [5.74, 6) is 0.654. The molecule has 1 amide bonds. The summed E-state index contributed by atoms with van der Waals surface area (Å²) in [7, 11) is 3.49. The molecular weight excluding hydrogens is 304 g/mol. The quantitative estimate of drug-likeness (QED) is 0.609. The van der Waals surface area contributed by atoms with Gasteiger partial charge in [-0.1, -0.05) is 24.3 Å². The molecule has 1 aliphatic heterocycles. The van der Waals surface area contributed by atoms with Crippen LogP contribution in [0.4, 0.5) is 0 Å². The number of nitrogens with one attached hydrogen (secondary N) is 2. The Morgan fingerprint density at radius 1 is 1.33 bits per heavy atom. The highest BCUT2D eigenvalue weighted by Crippen LogP contribution is 2.11. The molecule has 1 aliphatic rings. The van der Waals surface area contributed by atoms with Gasteiger partial charge in [0.05, 0.1) is 19.2 Å². The average Bonchev–Trinajstić information content (AvgIpc) is 3.08. The number of rotatable bonds is 6. The Bertz CT molecular complexity index is 566. The molecule has 0 radical (unpaired) electrons. The molecule has 6 heteroatoms. The minimum absolute atomic E-state index is 0.0116. The zero-order valence-electron chi connectivity index (χ0n) is 14.8. The topological polar surface area (TPSA) is 66.0 Å². The molecule has 24 heavy (non-hydrogen) atoms. The molecular formula is C18H28N4O2. The third kappa shape index (κ3) is 5.85. The van der Waals surface area contributed by atoms with Crippen molar-refractivity contribution in [3.8, 4) is 0 Å². The van der Waals surface area contributed by atoms with E-state index in [0.29, 0.717) is 19.0 Å². The highest BCUT2D eigenvalue weighted by atomic mass is 16.5. The lowest BCUT2D eigenvalue weighted by atomic mass is 10.1. The molecule has 1 saturated heterocycles. The Morgan fingerprint density at radius 3 is 2.79 bits per heavy atom. The van der Waals surface area contributed by atoms with Crippen molar-refractivity contribution in [1.29, 1.82) is 0 Å². The number of carbonyl (C=O) groups excluding carboxylic acids is 1. The summed E-state index contributed by atoms with van der Waals surface area (Å²) in [5, 5.41) is 6.40. The molecule has 1 unspecified atom stereocenters. The van der Waals surface area contributed by atoms with Crippen LogP contribution < -0.4 is 10.6 Å². The van der Waals surface area contributed by atoms with Gasteiger partial charge in [0.1, 0.15) is 0 Å². The second-order valence-corrected chi connectivity index (χ2v) is 6.25. The number of amides is 1. The summed E-state index contributed by atoms with van der Waals surface area (Å²) in [5.41, 5.74) is 2.39. The fourth-order valence-corrected chi connectivity index (χ4v) is 2.46. The van der Waals surface area contributed by atoms with Gasteiger partial charge in [0, 0.05) is 27.2 Å². The summed E-state index contributed by atoms with van der Waals surface area (Å²) in [4.78, 5) is 18.0. The van der Waals surface area contributed by atoms with E-state index in [1.807, 2.05) is 12.1 Å². The van der Waals surface area contributed by atoms with E-state index in [1.165, 1.54) is 11.1 Å². The van der Waals surface area contributed by atoms with Gasteiger partial charge in [0.2, 0.25) is 5.91 Å². The summed E-state index contributed by atoms with van der Waals surface area (Å²) < 4.78 is 5.63. The second-order valence-electron chi connectivity index (χ2n) is 6.25. The largest absolute Gasteiger partial charge is 0.376 e. The first-order valence-corrected chi connectivity index (χ1v) is 8.44. The maximum Gasteiger partial charge on any atom is 0.241 e. The number of nitrogens with zero attached hydrogens (tertiary/aromatic N) is 2. The van der Waals surface area contributed by atoms with E-state index in [-0.39, 0.29) is 18.6 Å². The van der Waals surface area contributed by atoms with Crippen LogP contribution in [0.3, 0.4) is 0 Å². The Kier molecular flexibility index (Phi) is 7.06. The number of carbonyl (C=O) groups is 1. The van der Waals surface area contributed by atoms with Crippen molar-refractivity contribution < 1.29 is 9.53 Å². The van der Waals surface area contributed by atoms with E-state index < -0.39 is 0 Å². The third-order valence-corrected chi connectivity index (χ3v) is 4.10. The van der Waals surface area contributed by atoms with Crippen LogP contribution in [0.1, 0.15) is 24.0 Å². The van der Waals surface area contributed by atoms with Crippen molar-refractivity contribution in [2.24, 2.45) is 4.99 Å². The first-order valence-electron chi connectivity index (χ1n) is 8.44. The lowest BCUT2D eigenvalue weighted by Crippen LogP contribution is -2.45. The van der Waals surface area contributed by atoms with Crippen LogP contribution in [0.2, 0.25) is 0 Å². The molecule has 0 aromatic heterocycles. The third-order valence-electron chi connectivity index (χ3n) is 4.10. The number of aryl methyl sites for hydroxylation is 1. The fourth-order valence-electron chi connectivity index (χ4n) is 2.46. The maximum absolute atomic E-state index is 11.8. The highest BCUT2D eigenvalue weighted by molar-refractivity contribution is 5.86. The number of hydrogen-bond donors (Lipinski definition) is 2. The Morgan fingerprint density at radius 2 is 2.12 bits per heavy atom. The molecule has 1 aromatic rings. The van der Waals surface area contributed by atoms with Crippen molar-refractivity contribution in [2.45, 2.75) is 32.4 Å². The maximum atomic E-state index is 11.8. The Hall–Kier alpha value is -2.08. The van der Waals surface area contributed by atoms with Crippen molar-refractivity contribution in [1.82, 2.24) is 15.5 Å². The van der Waals surface area contributed by atoms with Gasteiger partial charge in [-0.2, -0.15) is 0 Å². The van der Waals surface area contributed by atoms with Crippen LogP contribution in [0.15, 0.2) is 29.3 Å². The summed E-state index contributed by atoms with van der Waals surface area (Å²) in [6.07, 6.45) is 2.39. The first kappa shape index (κ1) is 18.3. The molecule has 0 aliphatic carbocycles. The highest BCUT2D eigenvalue weighted by Gasteiger charge is 2.16. The van der Waals surface area contributed by atoms with Gasteiger partial charge >= 0.3 is 0 Å². The van der Waals surface area contributed by atoms with Crippen LogP contribution in [0.5, 0.6) is 0 Å². The lowest BCUT2D eigenvalue weighted by Gasteiger charge is -2.17. The van der Waals surface area contributed by atoms with Gasteiger partial charge in [-0.25, -0.2) is 4.99 Å².